The number of ether oxygens (including phenoxy) is 1. The average Bonchev–Trinajstić information content (AvgIpc) is 2.99. The van der Waals surface area contributed by atoms with Crippen LogP contribution < -0.4 is 0 Å². The zero-order valence-corrected chi connectivity index (χ0v) is 13.3. The van der Waals surface area contributed by atoms with Crippen molar-refractivity contribution in [3.8, 4) is 0 Å². The van der Waals surface area contributed by atoms with Gasteiger partial charge in [0.2, 0.25) is 0 Å². The van der Waals surface area contributed by atoms with Crippen LogP contribution in [-0.2, 0) is 4.74 Å². The number of benzene rings is 1. The number of aromatic carboxylic acids is 1. The molecule has 0 fully saturated rings. The molecular formula is C17H14N4O4. The molecule has 0 aliphatic carbocycles. The van der Waals surface area contributed by atoms with Crippen molar-refractivity contribution in [1.82, 2.24) is 9.38 Å². The van der Waals surface area contributed by atoms with Gasteiger partial charge in [0.1, 0.15) is 5.65 Å². The number of carbonyl (C=O) groups excluding carboxylic acids is 1. The number of imidazole rings is 1. The maximum atomic E-state index is 11.6. The van der Waals surface area contributed by atoms with Gasteiger partial charge in [-0.3, -0.25) is 4.40 Å². The number of rotatable bonds is 5. The van der Waals surface area contributed by atoms with Gasteiger partial charge in [-0.1, -0.05) is 6.07 Å². The molecule has 3 aromatic rings. The predicted molar refractivity (Wildman–Crippen MR) is 88.7 cm³/mol. The van der Waals surface area contributed by atoms with Gasteiger partial charge in [0.25, 0.3) is 0 Å². The quantitative estimate of drug-likeness (QED) is 0.565. The van der Waals surface area contributed by atoms with Crippen LogP contribution in [0.25, 0.3) is 5.65 Å². The Bertz CT molecular complexity index is 960. The maximum Gasteiger partial charge on any atom is 0.358 e. The van der Waals surface area contributed by atoms with Crippen molar-refractivity contribution in [2.75, 3.05) is 6.61 Å². The largest absolute Gasteiger partial charge is 0.476 e. The molecule has 0 aliphatic rings. The van der Waals surface area contributed by atoms with E-state index in [2.05, 4.69) is 15.2 Å². The van der Waals surface area contributed by atoms with Crippen LogP contribution in [0.15, 0.2) is 58.9 Å². The van der Waals surface area contributed by atoms with Crippen molar-refractivity contribution in [2.45, 2.75) is 6.92 Å². The summed E-state index contributed by atoms with van der Waals surface area (Å²) in [6.07, 6.45) is 1.66. The van der Waals surface area contributed by atoms with Crippen molar-refractivity contribution >= 4 is 29.1 Å². The van der Waals surface area contributed by atoms with E-state index in [0.29, 0.717) is 23.5 Å². The molecule has 1 N–H and O–H groups in total. The molecule has 0 radical (unpaired) electrons. The summed E-state index contributed by atoms with van der Waals surface area (Å²) in [4.78, 5) is 27.0. The van der Waals surface area contributed by atoms with E-state index in [1.807, 2.05) is 0 Å². The van der Waals surface area contributed by atoms with Crippen molar-refractivity contribution in [1.29, 1.82) is 0 Å². The van der Waals surface area contributed by atoms with Crippen LogP contribution in [-0.4, -0.2) is 33.0 Å². The summed E-state index contributed by atoms with van der Waals surface area (Å²) < 4.78 is 6.45. The van der Waals surface area contributed by atoms with E-state index in [0.717, 1.165) is 0 Å². The minimum Gasteiger partial charge on any atom is -0.476 e. The van der Waals surface area contributed by atoms with Gasteiger partial charge in [0, 0.05) is 6.20 Å². The third kappa shape index (κ3) is 3.37. The molecule has 126 valence electrons. The maximum absolute atomic E-state index is 11.6. The summed E-state index contributed by atoms with van der Waals surface area (Å²) in [5, 5.41) is 17.3. The van der Waals surface area contributed by atoms with Gasteiger partial charge in [0.05, 0.1) is 17.9 Å². The molecule has 25 heavy (non-hydrogen) atoms. The van der Waals surface area contributed by atoms with Gasteiger partial charge >= 0.3 is 11.9 Å². The highest BCUT2D eigenvalue weighted by Crippen LogP contribution is 2.24. The van der Waals surface area contributed by atoms with Gasteiger partial charge in [-0.25, -0.2) is 14.6 Å². The van der Waals surface area contributed by atoms with Crippen LogP contribution >= 0.6 is 0 Å². The number of hydrogen-bond acceptors (Lipinski definition) is 6. The first-order valence-corrected chi connectivity index (χ1v) is 7.49. The lowest BCUT2D eigenvalue weighted by atomic mass is 10.2. The molecule has 0 atom stereocenters. The molecule has 2 heterocycles. The number of carbonyl (C=O) groups is 2. The molecule has 1 aromatic carbocycles. The molecule has 0 aliphatic heterocycles. The van der Waals surface area contributed by atoms with Gasteiger partial charge in [-0.2, -0.15) is 0 Å². The highest BCUT2D eigenvalue weighted by atomic mass is 16.5. The lowest BCUT2D eigenvalue weighted by Crippen LogP contribution is -2.03. The molecule has 2 aromatic heterocycles. The number of nitrogens with zero attached hydrogens (tertiary/aromatic N) is 4. The summed E-state index contributed by atoms with van der Waals surface area (Å²) in [5.41, 5.74) is 1.15. The lowest BCUT2D eigenvalue weighted by molar-refractivity contribution is 0.0526. The summed E-state index contributed by atoms with van der Waals surface area (Å²) >= 11 is 0. The Balaban J connectivity index is 1.92. The highest BCUT2D eigenvalue weighted by molar-refractivity contribution is 5.92. The number of esters is 1. The third-order valence-electron chi connectivity index (χ3n) is 3.35. The van der Waals surface area contributed by atoms with Gasteiger partial charge in [0.15, 0.2) is 11.5 Å². The number of fused-ring (bicyclic) bond motifs is 1. The minimum absolute atomic E-state index is 0.123. The molecule has 8 nitrogen and oxygen atoms in total. The molecule has 0 amide bonds. The van der Waals surface area contributed by atoms with Crippen LogP contribution in [0.5, 0.6) is 0 Å². The smallest absolute Gasteiger partial charge is 0.358 e. The lowest BCUT2D eigenvalue weighted by Gasteiger charge is -2.01. The van der Waals surface area contributed by atoms with E-state index in [4.69, 9.17) is 4.74 Å². The summed E-state index contributed by atoms with van der Waals surface area (Å²) in [6, 6.07) is 11.5. The summed E-state index contributed by atoms with van der Waals surface area (Å²) in [7, 11) is 0. The van der Waals surface area contributed by atoms with E-state index in [9.17, 15) is 14.7 Å². The number of carboxylic acid groups (broad SMARTS) is 1. The molecule has 3 rings (SSSR count). The molecule has 0 bridgehead atoms. The van der Waals surface area contributed by atoms with Crippen molar-refractivity contribution in [2.24, 2.45) is 10.2 Å². The van der Waals surface area contributed by atoms with Crippen LogP contribution in [0.2, 0.25) is 0 Å². The van der Waals surface area contributed by atoms with Gasteiger partial charge < -0.3 is 9.84 Å². The number of azo groups is 1. The standard InChI is InChI=1S/C17H14N4O4/c1-2-25-17(24)11-6-8-12(9-7-11)19-20-15-14(16(22)23)18-13-5-3-4-10-21(13)15/h3-10H,2H2,1H3,(H,22,23). The monoisotopic (exact) mass is 338 g/mol. The number of aromatic nitrogens is 2. The van der Waals surface area contributed by atoms with Crippen LogP contribution in [0.4, 0.5) is 11.5 Å². The highest BCUT2D eigenvalue weighted by Gasteiger charge is 2.17. The van der Waals surface area contributed by atoms with Crippen LogP contribution in [0.1, 0.15) is 27.8 Å². The minimum atomic E-state index is -1.18. The Hall–Kier alpha value is -3.55. The van der Waals surface area contributed by atoms with E-state index < -0.39 is 11.9 Å². The van der Waals surface area contributed by atoms with E-state index >= 15 is 0 Å². The Morgan fingerprint density at radius 3 is 2.60 bits per heavy atom. The van der Waals surface area contributed by atoms with Crippen LogP contribution in [0.3, 0.4) is 0 Å². The fourth-order valence-electron chi connectivity index (χ4n) is 2.21. The Morgan fingerprint density at radius 1 is 1.16 bits per heavy atom. The topological polar surface area (TPSA) is 106 Å². The fraction of sp³-hybridized carbons (Fsp3) is 0.118. The van der Waals surface area contributed by atoms with Crippen molar-refractivity contribution < 1.29 is 19.4 Å². The molecule has 0 spiro atoms. The summed E-state index contributed by atoms with van der Waals surface area (Å²) in [6.45, 7) is 2.03. The second-order valence-electron chi connectivity index (χ2n) is 4.99. The molecule has 8 heteroatoms. The first-order valence-electron chi connectivity index (χ1n) is 7.49. The van der Waals surface area contributed by atoms with Crippen LogP contribution in [0, 0.1) is 0 Å². The van der Waals surface area contributed by atoms with E-state index in [1.165, 1.54) is 0 Å². The normalized spacial score (nSPS) is 11.1. The number of pyridine rings is 1. The second-order valence-corrected chi connectivity index (χ2v) is 4.99. The SMILES string of the molecule is CCOC(=O)c1ccc(N=Nc2c(C(=O)O)nc3ccccn23)cc1. The second kappa shape index (κ2) is 6.91. The molecule has 0 saturated heterocycles. The van der Waals surface area contributed by atoms with Crippen molar-refractivity contribution in [3.63, 3.8) is 0 Å². The first kappa shape index (κ1) is 16.3. The molecule has 0 unspecified atom stereocenters. The number of hydrogen-bond donors (Lipinski definition) is 1. The first-order chi connectivity index (χ1) is 12.1. The zero-order valence-electron chi connectivity index (χ0n) is 13.3. The zero-order chi connectivity index (χ0) is 17.8. The average molecular weight is 338 g/mol. The van der Waals surface area contributed by atoms with Gasteiger partial charge in [-0.15, -0.1) is 10.2 Å². The third-order valence-corrected chi connectivity index (χ3v) is 3.35. The predicted octanol–water partition coefficient (Wildman–Crippen LogP) is 3.62. The van der Waals surface area contributed by atoms with Crippen molar-refractivity contribution in [3.05, 3.63) is 59.9 Å². The fourth-order valence-corrected chi connectivity index (χ4v) is 2.21. The van der Waals surface area contributed by atoms with Gasteiger partial charge in [-0.05, 0) is 43.3 Å². The summed E-state index contributed by atoms with van der Waals surface area (Å²) in [5.74, 6) is -1.48. The van der Waals surface area contributed by atoms with E-state index in [1.54, 1.807) is 60.0 Å². The Labute approximate surface area is 142 Å². The van der Waals surface area contributed by atoms with E-state index in [-0.39, 0.29) is 11.5 Å². The Kier molecular flexibility index (Phi) is 4.51. The molecule has 0 saturated carbocycles. The number of carboxylic acids is 1. The molecular weight excluding hydrogens is 324 g/mol. The Morgan fingerprint density at radius 2 is 1.92 bits per heavy atom.